The van der Waals surface area contributed by atoms with Crippen LogP contribution in [0.4, 0.5) is 0 Å². The third kappa shape index (κ3) is 31.6. The van der Waals surface area contributed by atoms with Gasteiger partial charge in [0.15, 0.2) is 0 Å². The zero-order valence-corrected chi connectivity index (χ0v) is 34.7. The Balaban J connectivity index is 2.06. The molecule has 0 aromatic heterocycles. The highest BCUT2D eigenvalue weighted by atomic mass is 16.5. The smallest absolute Gasteiger partial charge is 0.305 e. The average Bonchev–Trinajstić information content (AvgIpc) is 3.12. The summed E-state index contributed by atoms with van der Waals surface area (Å²) in [6.45, 7) is 8.04. The topological polar surface area (TPSA) is 74.3 Å². The number of hydrogen-bond donors (Lipinski definition) is 0. The van der Waals surface area contributed by atoms with Gasteiger partial charge in [-0.25, -0.2) is 0 Å². The number of esters is 2. The lowest BCUT2D eigenvalue weighted by molar-refractivity contribution is -0.144. The first-order valence-electron chi connectivity index (χ1n) is 22.1. The average molecular weight is 734 g/mol. The zero-order chi connectivity index (χ0) is 37.7. The van der Waals surface area contributed by atoms with Gasteiger partial charge in [0.25, 0.3) is 0 Å². The molecule has 0 heterocycles. The Morgan fingerprint density at radius 3 is 1.42 bits per heavy atom. The molecule has 304 valence electrons. The Morgan fingerprint density at radius 2 is 0.962 bits per heavy atom. The lowest BCUT2D eigenvalue weighted by Gasteiger charge is -2.24. The van der Waals surface area contributed by atoms with E-state index in [9.17, 15) is 9.59 Å². The van der Waals surface area contributed by atoms with Crippen molar-refractivity contribution in [3.63, 3.8) is 0 Å². The number of nitrogens with zero attached hydrogens (tertiary/aromatic N) is 1. The van der Waals surface area contributed by atoms with E-state index in [1.165, 1.54) is 102 Å². The Kier molecular flexibility index (Phi) is 33.5. The van der Waals surface area contributed by atoms with E-state index in [4.69, 9.17) is 18.9 Å². The van der Waals surface area contributed by atoms with Gasteiger partial charge in [0.05, 0.1) is 25.9 Å². The maximum absolute atomic E-state index is 11.9. The molecular weight excluding hydrogens is 650 g/mol. The van der Waals surface area contributed by atoms with Gasteiger partial charge in [-0.1, -0.05) is 142 Å². The first-order valence-corrected chi connectivity index (χ1v) is 22.1. The molecule has 0 aromatic rings. The van der Waals surface area contributed by atoms with Crippen molar-refractivity contribution in [2.24, 2.45) is 0 Å². The van der Waals surface area contributed by atoms with Crippen LogP contribution in [0.2, 0.25) is 0 Å². The van der Waals surface area contributed by atoms with E-state index in [0.717, 1.165) is 103 Å². The first-order chi connectivity index (χ1) is 25.4. The van der Waals surface area contributed by atoms with Crippen molar-refractivity contribution < 1.29 is 28.5 Å². The second kappa shape index (κ2) is 36.1. The van der Waals surface area contributed by atoms with Crippen LogP contribution in [0.15, 0.2) is 23.5 Å². The number of allylic oxidation sites excluding steroid dienone is 1. The van der Waals surface area contributed by atoms with E-state index >= 15 is 0 Å². The van der Waals surface area contributed by atoms with Gasteiger partial charge in [0.2, 0.25) is 0 Å². The molecule has 1 unspecified atom stereocenters. The van der Waals surface area contributed by atoms with E-state index in [2.05, 4.69) is 45.0 Å². The van der Waals surface area contributed by atoms with Crippen molar-refractivity contribution in [2.75, 3.05) is 47.1 Å². The molecule has 0 amide bonds. The van der Waals surface area contributed by atoms with Gasteiger partial charge in [-0.05, 0) is 76.8 Å². The van der Waals surface area contributed by atoms with Crippen molar-refractivity contribution >= 4 is 11.9 Å². The maximum atomic E-state index is 11.9. The van der Waals surface area contributed by atoms with Crippen molar-refractivity contribution in [3.8, 4) is 0 Å². The van der Waals surface area contributed by atoms with Crippen molar-refractivity contribution in [1.82, 2.24) is 4.90 Å². The molecule has 1 rings (SSSR count). The number of ether oxygens (including phenoxy) is 4. The second-order valence-electron chi connectivity index (χ2n) is 15.5. The summed E-state index contributed by atoms with van der Waals surface area (Å²) in [4.78, 5) is 26.1. The summed E-state index contributed by atoms with van der Waals surface area (Å²) in [6.07, 6.45) is 37.0. The van der Waals surface area contributed by atoms with E-state index < -0.39 is 0 Å². The number of carbonyl (C=O) groups excluding carboxylic acids is 2. The Labute approximate surface area is 321 Å². The predicted molar refractivity (Wildman–Crippen MR) is 218 cm³/mol. The summed E-state index contributed by atoms with van der Waals surface area (Å²) in [5.41, 5.74) is 1.36. The minimum Gasteiger partial charge on any atom is -0.494 e. The largest absolute Gasteiger partial charge is 0.494 e. The van der Waals surface area contributed by atoms with Crippen LogP contribution in [0, 0.1) is 0 Å². The molecule has 7 nitrogen and oxygen atoms in total. The van der Waals surface area contributed by atoms with E-state index in [1.54, 1.807) is 0 Å². The van der Waals surface area contributed by atoms with E-state index in [1.807, 2.05) is 0 Å². The molecule has 0 saturated heterocycles. The molecule has 0 aliphatic heterocycles. The lowest BCUT2D eigenvalue weighted by atomic mass is 10.0. The van der Waals surface area contributed by atoms with Gasteiger partial charge in [-0.3, -0.25) is 9.59 Å². The summed E-state index contributed by atoms with van der Waals surface area (Å²) >= 11 is 0. The fourth-order valence-corrected chi connectivity index (χ4v) is 6.74. The van der Waals surface area contributed by atoms with Gasteiger partial charge in [0.1, 0.15) is 5.76 Å². The summed E-state index contributed by atoms with van der Waals surface area (Å²) in [5.74, 6) is 0.910. The van der Waals surface area contributed by atoms with Crippen LogP contribution in [0.25, 0.3) is 0 Å². The normalized spacial score (nSPS) is 14.4. The molecule has 1 atom stereocenters. The van der Waals surface area contributed by atoms with Crippen LogP contribution in [0.5, 0.6) is 0 Å². The zero-order valence-electron chi connectivity index (χ0n) is 34.7. The van der Waals surface area contributed by atoms with E-state index in [0.29, 0.717) is 26.1 Å². The molecule has 0 spiro atoms. The monoisotopic (exact) mass is 734 g/mol. The fourth-order valence-electron chi connectivity index (χ4n) is 6.74. The number of rotatable bonds is 38. The fraction of sp³-hybridized carbons (Fsp3) is 0.867. The molecule has 52 heavy (non-hydrogen) atoms. The predicted octanol–water partition coefficient (Wildman–Crippen LogP) is 12.2. The molecule has 0 radical (unpaired) electrons. The van der Waals surface area contributed by atoms with Crippen LogP contribution in [0.3, 0.4) is 0 Å². The van der Waals surface area contributed by atoms with Gasteiger partial charge in [0, 0.05) is 26.0 Å². The highest BCUT2D eigenvalue weighted by Crippen LogP contribution is 2.23. The summed E-state index contributed by atoms with van der Waals surface area (Å²) in [5, 5.41) is 0. The molecule has 0 bridgehead atoms. The van der Waals surface area contributed by atoms with Crippen LogP contribution in [0.1, 0.15) is 200 Å². The molecule has 0 aromatic carbocycles. The molecule has 1 aliphatic carbocycles. The number of likely N-dealkylation sites (N-methyl/N-ethyl adjacent to an activating group) is 1. The van der Waals surface area contributed by atoms with Crippen LogP contribution in [-0.4, -0.2) is 70.0 Å². The van der Waals surface area contributed by atoms with Gasteiger partial charge in [-0.15, -0.1) is 0 Å². The molecule has 0 saturated carbocycles. The van der Waals surface area contributed by atoms with Crippen molar-refractivity contribution in [3.05, 3.63) is 23.5 Å². The van der Waals surface area contributed by atoms with Crippen LogP contribution in [-0.2, 0) is 28.5 Å². The van der Waals surface area contributed by atoms with Gasteiger partial charge >= 0.3 is 11.9 Å². The molecule has 1 aliphatic rings. The number of carbonyl (C=O) groups is 2. The Bertz CT molecular complexity index is 900. The highest BCUT2D eigenvalue weighted by molar-refractivity contribution is 5.69. The highest BCUT2D eigenvalue weighted by Gasteiger charge is 2.17. The quantitative estimate of drug-likeness (QED) is 0.0462. The van der Waals surface area contributed by atoms with E-state index in [-0.39, 0.29) is 18.0 Å². The Hall–Kier alpha value is -1.86. The SMILES string of the molecule is CCCCCCCCCC(=O)OCCCCCCCCOC1=CC(OCCCCCCCCOC(=O)CCCCCCCCC)CC(CN(C)C)=C1. The summed E-state index contributed by atoms with van der Waals surface area (Å²) < 4.78 is 23.4. The lowest BCUT2D eigenvalue weighted by Crippen LogP contribution is -2.23. The third-order valence-electron chi connectivity index (χ3n) is 9.85. The summed E-state index contributed by atoms with van der Waals surface area (Å²) in [7, 11) is 4.22. The minimum atomic E-state index is -0.0222. The molecule has 0 fully saturated rings. The van der Waals surface area contributed by atoms with Gasteiger partial charge < -0.3 is 23.8 Å². The second-order valence-corrected chi connectivity index (χ2v) is 15.5. The third-order valence-corrected chi connectivity index (χ3v) is 9.85. The van der Waals surface area contributed by atoms with Crippen LogP contribution < -0.4 is 0 Å². The number of hydrogen-bond acceptors (Lipinski definition) is 7. The van der Waals surface area contributed by atoms with Gasteiger partial charge in [-0.2, -0.15) is 0 Å². The molecule has 7 heteroatoms. The van der Waals surface area contributed by atoms with Crippen LogP contribution >= 0.6 is 0 Å². The molecule has 0 N–H and O–H groups in total. The summed E-state index contributed by atoms with van der Waals surface area (Å²) in [6, 6.07) is 0. The van der Waals surface area contributed by atoms with Crippen molar-refractivity contribution in [1.29, 1.82) is 0 Å². The Morgan fingerprint density at radius 1 is 0.558 bits per heavy atom. The molecular formula is C45H83NO6. The standard InChI is InChI=1S/C45H83NO6/c1-5-7-9-11-13-19-25-31-44(47)51-35-29-23-17-15-21-27-33-49-42-37-41(40-46(3)4)38-43(39-42)50-34-28-22-16-18-24-30-36-52-45(48)32-26-20-14-12-10-8-6-2/h37,39,43H,5-36,38,40H2,1-4H3. The van der Waals surface area contributed by atoms with Crippen molar-refractivity contribution in [2.45, 2.75) is 206 Å². The first kappa shape index (κ1) is 48.2. The minimum absolute atomic E-state index is 0.0209. The maximum Gasteiger partial charge on any atom is 0.305 e. The number of unbranched alkanes of at least 4 members (excludes halogenated alkanes) is 22.